The lowest BCUT2D eigenvalue weighted by Gasteiger charge is -2.26. The van der Waals surface area contributed by atoms with E-state index in [2.05, 4.69) is 26.0 Å². The summed E-state index contributed by atoms with van der Waals surface area (Å²) in [4.78, 5) is 13.4. The second-order valence-electron chi connectivity index (χ2n) is 5.78. The van der Waals surface area contributed by atoms with Crippen LogP contribution in [0.25, 0.3) is 0 Å². The fraction of sp³-hybridized carbons (Fsp3) is 0.562. The first-order valence-corrected chi connectivity index (χ1v) is 7.46. The molecule has 1 heterocycles. The summed E-state index contributed by atoms with van der Waals surface area (Å²) < 4.78 is 0. The number of carbonyl (C=O) groups is 1. The number of hydrogen-bond donors (Lipinski definition) is 0. The average molecular weight is 280 g/mol. The molecule has 0 fully saturated rings. The molecule has 1 aliphatic rings. The first kappa shape index (κ1) is 14.4. The molecule has 1 amide bonds. The largest absolute Gasteiger partial charge is 0.315 e. The highest BCUT2D eigenvalue weighted by molar-refractivity contribution is 6.20. The van der Waals surface area contributed by atoms with Gasteiger partial charge in [-0.3, -0.25) is 4.79 Å². The predicted molar refractivity (Wildman–Crippen MR) is 80.8 cm³/mol. The van der Waals surface area contributed by atoms with Crippen molar-refractivity contribution in [3.8, 4) is 0 Å². The van der Waals surface area contributed by atoms with E-state index in [4.69, 9.17) is 11.6 Å². The minimum absolute atomic E-state index is 0.0793. The fourth-order valence-electron chi connectivity index (χ4n) is 2.52. The molecule has 2 rings (SSSR count). The molecule has 1 aliphatic heterocycles. The zero-order valence-corrected chi connectivity index (χ0v) is 12.7. The highest BCUT2D eigenvalue weighted by Crippen LogP contribution is 2.33. The van der Waals surface area contributed by atoms with Crippen molar-refractivity contribution >= 4 is 23.2 Å². The molecule has 0 bridgehead atoms. The maximum Gasteiger partial charge on any atom is 0.227 e. The number of alkyl halides is 1. The summed E-state index contributed by atoms with van der Waals surface area (Å²) in [5, 5.41) is 0.0793. The van der Waals surface area contributed by atoms with Crippen molar-refractivity contribution in [2.75, 3.05) is 11.9 Å². The molecule has 19 heavy (non-hydrogen) atoms. The lowest BCUT2D eigenvalue weighted by atomic mass is 9.96. The van der Waals surface area contributed by atoms with Crippen molar-refractivity contribution in [3.05, 3.63) is 29.3 Å². The normalized spacial score (nSPS) is 16.7. The van der Waals surface area contributed by atoms with Gasteiger partial charge in [0.15, 0.2) is 0 Å². The van der Waals surface area contributed by atoms with Crippen LogP contribution in [0.15, 0.2) is 18.2 Å². The summed E-state index contributed by atoms with van der Waals surface area (Å²) in [6, 6.07) is 6.27. The standard InChI is InChI=1S/C16H22ClNO/c1-11(2)4-7-14(17)12-5-8-15-13(10-12)6-9-16(19)18(15)3/h5,8,10-11,14H,4,6-7,9H2,1-3H3. The van der Waals surface area contributed by atoms with E-state index in [1.165, 1.54) is 11.1 Å². The molecule has 2 nitrogen and oxygen atoms in total. The molecule has 1 aromatic carbocycles. The Morgan fingerprint density at radius 1 is 1.26 bits per heavy atom. The van der Waals surface area contributed by atoms with Crippen LogP contribution >= 0.6 is 11.6 Å². The Morgan fingerprint density at radius 2 is 2.00 bits per heavy atom. The molecule has 3 heteroatoms. The molecule has 0 radical (unpaired) electrons. The van der Waals surface area contributed by atoms with Crippen LogP contribution in [0.5, 0.6) is 0 Å². The molecule has 0 aromatic heterocycles. The third-order valence-electron chi connectivity index (χ3n) is 3.81. The summed E-state index contributed by atoms with van der Waals surface area (Å²) in [5.41, 5.74) is 3.46. The summed E-state index contributed by atoms with van der Waals surface area (Å²) in [6.07, 6.45) is 3.59. The minimum Gasteiger partial charge on any atom is -0.315 e. The summed E-state index contributed by atoms with van der Waals surface area (Å²) in [5.74, 6) is 0.880. The quantitative estimate of drug-likeness (QED) is 0.752. The van der Waals surface area contributed by atoms with Gasteiger partial charge in [0.05, 0.1) is 5.38 Å². The molecule has 1 atom stereocenters. The number of hydrogen-bond acceptors (Lipinski definition) is 1. The first-order chi connectivity index (χ1) is 8.99. The number of carbonyl (C=O) groups excluding carboxylic acids is 1. The summed E-state index contributed by atoms with van der Waals surface area (Å²) in [7, 11) is 1.84. The Kier molecular flexibility index (Phi) is 4.51. The number of aryl methyl sites for hydroxylation is 1. The third-order valence-corrected chi connectivity index (χ3v) is 4.28. The molecule has 1 aromatic rings. The van der Waals surface area contributed by atoms with Gasteiger partial charge in [-0.05, 0) is 42.4 Å². The van der Waals surface area contributed by atoms with E-state index in [1.54, 1.807) is 4.90 Å². The van der Waals surface area contributed by atoms with Gasteiger partial charge in [-0.25, -0.2) is 0 Å². The number of benzene rings is 1. The molecular formula is C16H22ClNO. The van der Waals surface area contributed by atoms with E-state index in [0.29, 0.717) is 12.3 Å². The molecule has 0 aliphatic carbocycles. The van der Waals surface area contributed by atoms with Gasteiger partial charge in [-0.15, -0.1) is 11.6 Å². The van der Waals surface area contributed by atoms with E-state index < -0.39 is 0 Å². The highest BCUT2D eigenvalue weighted by Gasteiger charge is 2.21. The van der Waals surface area contributed by atoms with Crippen LogP contribution in [-0.2, 0) is 11.2 Å². The predicted octanol–water partition coefficient (Wildman–Crippen LogP) is 4.31. The van der Waals surface area contributed by atoms with Crippen molar-refractivity contribution in [1.82, 2.24) is 0 Å². The minimum atomic E-state index is 0.0793. The SMILES string of the molecule is CC(C)CCC(Cl)c1ccc2c(c1)CCC(=O)N2C. The van der Waals surface area contributed by atoms with Crippen molar-refractivity contribution in [1.29, 1.82) is 0 Å². The number of rotatable bonds is 4. The topological polar surface area (TPSA) is 20.3 Å². The van der Waals surface area contributed by atoms with Gasteiger partial charge in [0.25, 0.3) is 0 Å². The van der Waals surface area contributed by atoms with E-state index in [9.17, 15) is 4.79 Å². The lowest BCUT2D eigenvalue weighted by molar-refractivity contribution is -0.118. The Bertz CT molecular complexity index is 470. The third kappa shape index (κ3) is 3.30. The van der Waals surface area contributed by atoms with E-state index >= 15 is 0 Å². The maximum atomic E-state index is 11.7. The molecule has 0 saturated carbocycles. The van der Waals surface area contributed by atoms with Gasteiger partial charge in [0.1, 0.15) is 0 Å². The van der Waals surface area contributed by atoms with Crippen LogP contribution in [0.4, 0.5) is 5.69 Å². The summed E-state index contributed by atoms with van der Waals surface area (Å²) >= 11 is 6.48. The Labute approximate surface area is 120 Å². The Morgan fingerprint density at radius 3 is 2.68 bits per heavy atom. The van der Waals surface area contributed by atoms with Crippen LogP contribution in [-0.4, -0.2) is 13.0 Å². The molecule has 1 unspecified atom stereocenters. The zero-order chi connectivity index (χ0) is 14.0. The van der Waals surface area contributed by atoms with E-state index in [0.717, 1.165) is 24.9 Å². The smallest absolute Gasteiger partial charge is 0.227 e. The van der Waals surface area contributed by atoms with Crippen LogP contribution in [0.1, 0.15) is 49.6 Å². The van der Waals surface area contributed by atoms with Gasteiger partial charge < -0.3 is 4.90 Å². The van der Waals surface area contributed by atoms with Crippen molar-refractivity contribution in [2.24, 2.45) is 5.92 Å². The van der Waals surface area contributed by atoms with E-state index in [-0.39, 0.29) is 11.3 Å². The monoisotopic (exact) mass is 279 g/mol. The van der Waals surface area contributed by atoms with Gasteiger partial charge in [-0.2, -0.15) is 0 Å². The number of nitrogens with zero attached hydrogens (tertiary/aromatic N) is 1. The maximum absolute atomic E-state index is 11.7. The number of amides is 1. The van der Waals surface area contributed by atoms with Gasteiger partial charge in [0.2, 0.25) is 5.91 Å². The average Bonchev–Trinajstić information content (AvgIpc) is 2.40. The van der Waals surface area contributed by atoms with E-state index in [1.807, 2.05) is 13.1 Å². The van der Waals surface area contributed by atoms with Crippen molar-refractivity contribution in [3.63, 3.8) is 0 Å². The second-order valence-corrected chi connectivity index (χ2v) is 6.31. The van der Waals surface area contributed by atoms with Crippen LogP contribution in [0, 0.1) is 5.92 Å². The van der Waals surface area contributed by atoms with Crippen molar-refractivity contribution in [2.45, 2.75) is 44.9 Å². The van der Waals surface area contributed by atoms with Crippen LogP contribution in [0.3, 0.4) is 0 Å². The number of halogens is 1. The van der Waals surface area contributed by atoms with Crippen LogP contribution < -0.4 is 4.90 Å². The molecule has 104 valence electrons. The zero-order valence-electron chi connectivity index (χ0n) is 11.9. The highest BCUT2D eigenvalue weighted by atomic mass is 35.5. The number of fused-ring (bicyclic) bond motifs is 1. The fourth-order valence-corrected chi connectivity index (χ4v) is 2.78. The Balaban J connectivity index is 2.15. The summed E-state index contributed by atoms with van der Waals surface area (Å²) in [6.45, 7) is 4.44. The first-order valence-electron chi connectivity index (χ1n) is 7.02. The Hall–Kier alpha value is -1.02. The van der Waals surface area contributed by atoms with Crippen molar-refractivity contribution < 1.29 is 4.79 Å². The van der Waals surface area contributed by atoms with Gasteiger partial charge in [0, 0.05) is 19.2 Å². The van der Waals surface area contributed by atoms with Crippen LogP contribution in [0.2, 0.25) is 0 Å². The molecule has 0 saturated heterocycles. The van der Waals surface area contributed by atoms with Gasteiger partial charge in [-0.1, -0.05) is 26.0 Å². The lowest BCUT2D eigenvalue weighted by Crippen LogP contribution is -2.31. The molecule has 0 N–H and O–H groups in total. The second kappa shape index (κ2) is 5.96. The molecular weight excluding hydrogens is 258 g/mol. The van der Waals surface area contributed by atoms with Gasteiger partial charge >= 0.3 is 0 Å². The number of anilines is 1. The molecule has 0 spiro atoms.